The highest BCUT2D eigenvalue weighted by atomic mass is 79.9. The van der Waals surface area contributed by atoms with Crippen LogP contribution in [0, 0.1) is 6.92 Å². The number of fused-ring (bicyclic) bond motifs is 1. The lowest BCUT2D eigenvalue weighted by molar-refractivity contribution is 0.112. The Labute approximate surface area is 150 Å². The van der Waals surface area contributed by atoms with Gasteiger partial charge in [0.2, 0.25) is 0 Å². The quantitative estimate of drug-likeness (QED) is 0.521. The summed E-state index contributed by atoms with van der Waals surface area (Å²) in [4.78, 5) is 15.4. The standard InChI is InChI=1S/C11H12N2.C5H2Br2OS/c1-8-6-7-9-4-3-5-10(12-2)11(9)13-8;6-4-1-3(2-8)9-5(4)7/h3-7,12H,1-2H3;1-2H. The van der Waals surface area contributed by atoms with Gasteiger partial charge in [0.25, 0.3) is 0 Å². The third kappa shape index (κ3) is 4.15. The summed E-state index contributed by atoms with van der Waals surface area (Å²) in [5.74, 6) is 0. The van der Waals surface area contributed by atoms with Crippen molar-refractivity contribution in [1.82, 2.24) is 4.98 Å². The van der Waals surface area contributed by atoms with Crippen LogP contribution in [0.25, 0.3) is 10.9 Å². The van der Waals surface area contributed by atoms with Crippen molar-refractivity contribution >= 4 is 66.1 Å². The second-order valence-electron chi connectivity index (χ2n) is 4.47. The van der Waals surface area contributed by atoms with Crippen molar-refractivity contribution in [3.05, 3.63) is 55.2 Å². The molecule has 1 aromatic carbocycles. The highest BCUT2D eigenvalue weighted by Crippen LogP contribution is 2.31. The minimum absolute atomic E-state index is 0.730. The predicted molar refractivity (Wildman–Crippen MR) is 101 cm³/mol. The maximum atomic E-state index is 10.1. The van der Waals surface area contributed by atoms with Crippen LogP contribution in [-0.2, 0) is 0 Å². The molecule has 1 N–H and O–H groups in total. The minimum atomic E-state index is 0.730. The lowest BCUT2D eigenvalue weighted by Crippen LogP contribution is -1.92. The molecule has 0 aliphatic carbocycles. The van der Waals surface area contributed by atoms with Gasteiger partial charge < -0.3 is 5.32 Å². The summed E-state index contributed by atoms with van der Waals surface area (Å²) < 4.78 is 1.90. The molecule has 0 atom stereocenters. The molecular formula is C16H14Br2N2OS. The molecule has 0 aliphatic rings. The number of thiophene rings is 1. The van der Waals surface area contributed by atoms with E-state index < -0.39 is 0 Å². The zero-order valence-electron chi connectivity index (χ0n) is 12.1. The highest BCUT2D eigenvalue weighted by Gasteiger charge is 2.01. The largest absolute Gasteiger partial charge is 0.386 e. The van der Waals surface area contributed by atoms with E-state index >= 15 is 0 Å². The van der Waals surface area contributed by atoms with Crippen LogP contribution in [0.4, 0.5) is 5.69 Å². The predicted octanol–water partition coefficient (Wildman–Crippen LogP) is 5.67. The molecule has 0 saturated carbocycles. The number of rotatable bonds is 2. The van der Waals surface area contributed by atoms with Gasteiger partial charge in [-0.25, -0.2) is 0 Å². The van der Waals surface area contributed by atoms with Crippen LogP contribution in [0.3, 0.4) is 0 Å². The van der Waals surface area contributed by atoms with E-state index in [4.69, 9.17) is 0 Å². The first kappa shape index (κ1) is 17.1. The molecule has 0 radical (unpaired) electrons. The van der Waals surface area contributed by atoms with Gasteiger partial charge in [-0.1, -0.05) is 18.2 Å². The third-order valence-electron chi connectivity index (χ3n) is 2.91. The van der Waals surface area contributed by atoms with E-state index in [1.807, 2.05) is 32.2 Å². The summed E-state index contributed by atoms with van der Waals surface area (Å²) in [5, 5.41) is 4.31. The molecule has 2 aromatic heterocycles. The van der Waals surface area contributed by atoms with Gasteiger partial charge in [0.05, 0.1) is 19.9 Å². The maximum absolute atomic E-state index is 10.1. The summed E-state index contributed by atoms with van der Waals surface area (Å²) in [5.41, 5.74) is 3.18. The molecule has 3 aromatic rings. The number of hydrogen-bond acceptors (Lipinski definition) is 4. The molecule has 0 aliphatic heterocycles. The topological polar surface area (TPSA) is 42.0 Å². The van der Waals surface area contributed by atoms with E-state index in [-0.39, 0.29) is 0 Å². The number of aldehydes is 1. The van der Waals surface area contributed by atoms with Crippen LogP contribution >= 0.6 is 43.2 Å². The van der Waals surface area contributed by atoms with Gasteiger partial charge in [0, 0.05) is 22.6 Å². The van der Waals surface area contributed by atoms with Crippen molar-refractivity contribution in [1.29, 1.82) is 0 Å². The van der Waals surface area contributed by atoms with E-state index in [0.717, 1.165) is 36.3 Å². The Morgan fingerprint density at radius 3 is 2.55 bits per heavy atom. The Hall–Kier alpha value is -1.24. The zero-order valence-corrected chi connectivity index (χ0v) is 16.0. The fraction of sp³-hybridized carbons (Fsp3) is 0.125. The molecular weight excluding hydrogens is 428 g/mol. The van der Waals surface area contributed by atoms with Gasteiger partial charge in [-0.2, -0.15) is 0 Å². The molecule has 0 unspecified atom stereocenters. The zero-order chi connectivity index (χ0) is 16.1. The Balaban J connectivity index is 0.000000172. The molecule has 22 heavy (non-hydrogen) atoms. The monoisotopic (exact) mass is 440 g/mol. The average Bonchev–Trinajstić information content (AvgIpc) is 2.86. The second-order valence-corrected chi connectivity index (χ2v) is 7.72. The lowest BCUT2D eigenvalue weighted by atomic mass is 10.2. The van der Waals surface area contributed by atoms with Gasteiger partial charge in [0.15, 0.2) is 6.29 Å². The number of carbonyl (C=O) groups is 1. The summed E-state index contributed by atoms with van der Waals surface area (Å²) in [7, 11) is 1.92. The number of benzene rings is 1. The van der Waals surface area contributed by atoms with Crippen LogP contribution in [0.5, 0.6) is 0 Å². The fourth-order valence-corrected chi connectivity index (χ4v) is 3.77. The summed E-state index contributed by atoms with van der Waals surface area (Å²) in [6.07, 6.45) is 0.834. The van der Waals surface area contributed by atoms with Crippen LogP contribution in [0.1, 0.15) is 15.4 Å². The molecule has 114 valence electrons. The van der Waals surface area contributed by atoms with Gasteiger partial charge in [-0.05, 0) is 57.0 Å². The van der Waals surface area contributed by atoms with Crippen molar-refractivity contribution in [3.63, 3.8) is 0 Å². The number of halogens is 2. The van der Waals surface area contributed by atoms with E-state index in [1.54, 1.807) is 6.07 Å². The number of pyridine rings is 1. The van der Waals surface area contributed by atoms with Gasteiger partial charge in [-0.15, -0.1) is 11.3 Å². The van der Waals surface area contributed by atoms with Crippen LogP contribution in [0.2, 0.25) is 0 Å². The smallest absolute Gasteiger partial charge is 0.160 e. The Morgan fingerprint density at radius 2 is 2.00 bits per heavy atom. The second kappa shape index (κ2) is 7.85. The molecule has 2 heterocycles. The molecule has 3 rings (SSSR count). The average molecular weight is 442 g/mol. The van der Waals surface area contributed by atoms with Crippen molar-refractivity contribution in [2.24, 2.45) is 0 Å². The number of aromatic nitrogens is 1. The van der Waals surface area contributed by atoms with Gasteiger partial charge in [-0.3, -0.25) is 9.78 Å². The number of carbonyl (C=O) groups excluding carboxylic acids is 1. The molecule has 6 heteroatoms. The summed E-state index contributed by atoms with van der Waals surface area (Å²) in [6, 6.07) is 12.0. The number of nitrogens with one attached hydrogen (secondary N) is 1. The van der Waals surface area contributed by atoms with Crippen LogP contribution < -0.4 is 5.32 Å². The van der Waals surface area contributed by atoms with Crippen LogP contribution in [-0.4, -0.2) is 18.3 Å². The Morgan fingerprint density at radius 1 is 1.23 bits per heavy atom. The normalized spacial score (nSPS) is 10.0. The first-order valence-electron chi connectivity index (χ1n) is 6.49. The molecule has 0 amide bonds. The van der Waals surface area contributed by atoms with Crippen molar-refractivity contribution < 1.29 is 4.79 Å². The first-order valence-corrected chi connectivity index (χ1v) is 8.89. The summed E-state index contributed by atoms with van der Waals surface area (Å²) in [6.45, 7) is 2.01. The fourth-order valence-electron chi connectivity index (χ4n) is 1.87. The lowest BCUT2D eigenvalue weighted by Gasteiger charge is -2.04. The first-order chi connectivity index (χ1) is 10.5. The molecule has 0 fully saturated rings. The number of nitrogens with zero attached hydrogens (tertiary/aromatic N) is 1. The highest BCUT2D eigenvalue weighted by molar-refractivity contribution is 9.13. The van der Waals surface area contributed by atoms with Crippen molar-refractivity contribution in [3.8, 4) is 0 Å². The minimum Gasteiger partial charge on any atom is -0.386 e. The molecule has 0 spiro atoms. The third-order valence-corrected chi connectivity index (χ3v) is 6.09. The van der Waals surface area contributed by atoms with Crippen LogP contribution in [0.15, 0.2) is 44.7 Å². The molecule has 3 nitrogen and oxygen atoms in total. The molecule has 0 saturated heterocycles. The number of para-hydroxylation sites is 1. The number of aryl methyl sites for hydroxylation is 1. The van der Waals surface area contributed by atoms with E-state index in [2.05, 4.69) is 54.3 Å². The Kier molecular flexibility index (Phi) is 6.11. The van der Waals surface area contributed by atoms with Crippen molar-refractivity contribution in [2.45, 2.75) is 6.92 Å². The maximum Gasteiger partial charge on any atom is 0.160 e. The van der Waals surface area contributed by atoms with E-state index in [9.17, 15) is 4.79 Å². The van der Waals surface area contributed by atoms with E-state index in [1.165, 1.54) is 16.7 Å². The summed E-state index contributed by atoms with van der Waals surface area (Å²) >= 11 is 7.95. The number of anilines is 1. The van der Waals surface area contributed by atoms with Gasteiger partial charge >= 0.3 is 0 Å². The Bertz CT molecular complexity index is 782. The van der Waals surface area contributed by atoms with Crippen molar-refractivity contribution in [2.75, 3.05) is 12.4 Å². The number of hydrogen-bond donors (Lipinski definition) is 1. The van der Waals surface area contributed by atoms with E-state index in [0.29, 0.717) is 0 Å². The van der Waals surface area contributed by atoms with Gasteiger partial charge in [0.1, 0.15) is 0 Å². The molecule has 0 bridgehead atoms. The SMILES string of the molecule is CNc1cccc2ccc(C)nc12.O=Cc1cc(Br)c(Br)s1.